The zero-order valence-electron chi connectivity index (χ0n) is 11.0. The summed E-state index contributed by atoms with van der Waals surface area (Å²) in [5.41, 5.74) is 0. The first kappa shape index (κ1) is 19.8. The normalized spacial score (nSPS) is 26.2. The molecule has 1 aliphatic rings. The molecule has 8 heteroatoms. The van der Waals surface area contributed by atoms with Gasteiger partial charge in [-0.15, -0.1) is 0 Å². The van der Waals surface area contributed by atoms with Crippen LogP contribution in [0.5, 0.6) is 0 Å². The molecule has 0 N–H and O–H groups in total. The Bertz CT molecular complexity index is 423. The molecule has 0 heterocycles. The number of unbranched alkanes of at least 4 members (excludes halogenated alkanes) is 1. The van der Waals surface area contributed by atoms with Crippen LogP contribution < -0.4 is 29.6 Å². The van der Waals surface area contributed by atoms with Crippen LogP contribution in [0.3, 0.4) is 0 Å². The van der Waals surface area contributed by atoms with Crippen LogP contribution in [0.15, 0.2) is 24.3 Å². The Morgan fingerprint density at radius 2 is 2.05 bits per heavy atom. The van der Waals surface area contributed by atoms with Gasteiger partial charge in [0.15, 0.2) is 0 Å². The Balaban J connectivity index is 0.00000324. The maximum atomic E-state index is 11.5. The van der Waals surface area contributed by atoms with Crippen molar-refractivity contribution in [1.82, 2.24) is 0 Å². The number of rotatable bonds is 7. The average molecular weight is 363 g/mol. The van der Waals surface area contributed by atoms with E-state index in [9.17, 15) is 13.0 Å². The van der Waals surface area contributed by atoms with Gasteiger partial charge in [-0.1, -0.05) is 34.2 Å². The third-order valence-corrected chi connectivity index (χ3v) is 4.45. The van der Waals surface area contributed by atoms with Gasteiger partial charge in [0, 0.05) is 19.0 Å². The summed E-state index contributed by atoms with van der Waals surface area (Å²) < 4.78 is 44.9. The summed E-state index contributed by atoms with van der Waals surface area (Å²) in [5, 5.41) is 0.803. The monoisotopic (exact) mass is 362 g/mol. The molecule has 0 spiro atoms. The molecule has 0 saturated carbocycles. The topological polar surface area (TPSA) is 75.7 Å². The molecule has 0 aromatic rings. The van der Waals surface area contributed by atoms with Gasteiger partial charge in [-0.25, -0.2) is 8.42 Å². The summed E-state index contributed by atoms with van der Waals surface area (Å²) in [6.07, 6.45) is 6.43. The second kappa shape index (κ2) is 8.94. The molecule has 0 aromatic heterocycles. The van der Waals surface area contributed by atoms with Crippen molar-refractivity contribution >= 4 is 26.0 Å². The molecule has 0 fully saturated rings. The first-order chi connectivity index (χ1) is 8.48. The molecular formula is C11H16BrNaO5S. The van der Waals surface area contributed by atoms with Crippen molar-refractivity contribution in [1.29, 1.82) is 0 Å². The first-order valence-electron chi connectivity index (χ1n) is 5.52. The minimum absolute atomic E-state index is 0. The second-order valence-electron chi connectivity index (χ2n) is 3.82. The Morgan fingerprint density at radius 1 is 1.37 bits per heavy atom. The summed E-state index contributed by atoms with van der Waals surface area (Å²) in [6, 6.07) is 0. The zero-order valence-corrected chi connectivity index (χ0v) is 15.4. The number of hydrogen-bond acceptors (Lipinski definition) is 5. The summed E-state index contributed by atoms with van der Waals surface area (Å²) >= 11 is 3.27. The predicted molar refractivity (Wildman–Crippen MR) is 70.5 cm³/mol. The maximum Gasteiger partial charge on any atom is 1.00 e. The van der Waals surface area contributed by atoms with Crippen molar-refractivity contribution in [2.45, 2.75) is 23.9 Å². The van der Waals surface area contributed by atoms with Gasteiger partial charge in [0.05, 0.1) is 0 Å². The quantitative estimate of drug-likeness (QED) is 0.240. The third-order valence-electron chi connectivity index (χ3n) is 2.62. The van der Waals surface area contributed by atoms with Crippen LogP contribution in [0, 0.1) is 0 Å². The van der Waals surface area contributed by atoms with Crippen molar-refractivity contribution in [3.8, 4) is 0 Å². The van der Waals surface area contributed by atoms with Crippen LogP contribution in [-0.4, -0.2) is 43.1 Å². The maximum absolute atomic E-state index is 11.5. The SMILES string of the molecule is COC1C=CC=CC1(OCCCCBr)S(=O)(=O)[O-].[Na+]. The van der Waals surface area contributed by atoms with E-state index in [0.29, 0.717) is 6.42 Å². The fourth-order valence-electron chi connectivity index (χ4n) is 1.68. The first-order valence-corrected chi connectivity index (χ1v) is 8.05. The fraction of sp³-hybridized carbons (Fsp3) is 0.636. The van der Waals surface area contributed by atoms with Crippen LogP contribution in [0.1, 0.15) is 12.8 Å². The van der Waals surface area contributed by atoms with Gasteiger partial charge in [-0.05, 0) is 18.9 Å². The van der Waals surface area contributed by atoms with Crippen molar-refractivity contribution in [3.05, 3.63) is 24.3 Å². The van der Waals surface area contributed by atoms with Gasteiger partial charge >= 0.3 is 29.6 Å². The summed E-state index contributed by atoms with van der Waals surface area (Å²) in [4.78, 5) is -1.96. The van der Waals surface area contributed by atoms with E-state index in [1.54, 1.807) is 6.08 Å². The van der Waals surface area contributed by atoms with Crippen molar-refractivity contribution in [3.63, 3.8) is 0 Å². The molecule has 0 saturated heterocycles. The molecule has 1 aliphatic carbocycles. The van der Waals surface area contributed by atoms with E-state index in [4.69, 9.17) is 9.47 Å². The molecular weight excluding hydrogens is 347 g/mol. The molecule has 0 radical (unpaired) electrons. The van der Waals surface area contributed by atoms with Gasteiger partial charge in [0.2, 0.25) is 4.93 Å². The van der Waals surface area contributed by atoms with E-state index in [2.05, 4.69) is 15.9 Å². The minimum atomic E-state index is -4.68. The molecule has 19 heavy (non-hydrogen) atoms. The van der Waals surface area contributed by atoms with Gasteiger partial charge in [0.25, 0.3) is 0 Å². The van der Waals surface area contributed by atoms with Gasteiger partial charge in [0.1, 0.15) is 16.2 Å². The van der Waals surface area contributed by atoms with E-state index in [-0.39, 0.29) is 36.2 Å². The predicted octanol–water partition coefficient (Wildman–Crippen LogP) is -1.44. The van der Waals surface area contributed by atoms with Crippen LogP contribution >= 0.6 is 15.9 Å². The third kappa shape index (κ3) is 4.93. The number of hydrogen-bond donors (Lipinski definition) is 0. The summed E-state index contributed by atoms with van der Waals surface area (Å²) in [7, 11) is -3.34. The smallest absolute Gasteiger partial charge is 0.745 e. The number of methoxy groups -OCH3 is 1. The van der Waals surface area contributed by atoms with E-state index in [1.165, 1.54) is 25.3 Å². The largest absolute Gasteiger partial charge is 1.00 e. The molecule has 0 bridgehead atoms. The molecule has 1 rings (SSSR count). The molecule has 2 unspecified atom stereocenters. The van der Waals surface area contributed by atoms with E-state index in [1.807, 2.05) is 0 Å². The van der Waals surface area contributed by atoms with Crippen molar-refractivity contribution in [2.75, 3.05) is 19.0 Å². The Hall–Kier alpha value is 0.790. The van der Waals surface area contributed by atoms with E-state index in [0.717, 1.165) is 11.8 Å². The van der Waals surface area contributed by atoms with Gasteiger partial charge < -0.3 is 14.0 Å². The number of alkyl halides is 1. The second-order valence-corrected chi connectivity index (χ2v) is 6.16. The van der Waals surface area contributed by atoms with E-state index < -0.39 is 21.2 Å². The molecule has 0 aromatic carbocycles. The number of ether oxygens (including phenoxy) is 2. The molecule has 5 nitrogen and oxygen atoms in total. The molecule has 2 atom stereocenters. The van der Waals surface area contributed by atoms with Gasteiger partial charge in [-0.3, -0.25) is 0 Å². The summed E-state index contributed by atoms with van der Waals surface area (Å²) in [5.74, 6) is 0. The molecule has 0 amide bonds. The summed E-state index contributed by atoms with van der Waals surface area (Å²) in [6.45, 7) is 0.186. The van der Waals surface area contributed by atoms with Crippen molar-refractivity contribution < 1.29 is 52.0 Å². The standard InChI is InChI=1S/C11H17BrO5S.Na/c1-16-10-6-2-3-7-11(10,18(13,14)15)17-9-5-4-8-12;/h2-3,6-7,10H,4-5,8-9H2,1H3,(H,13,14,15);/q;+1/p-1. The fourth-order valence-corrected chi connectivity index (χ4v) is 3.01. The molecule has 0 aliphatic heterocycles. The number of allylic oxidation sites excluding steroid dienone is 2. The van der Waals surface area contributed by atoms with Crippen LogP contribution in [0.25, 0.3) is 0 Å². The van der Waals surface area contributed by atoms with Gasteiger partial charge in [-0.2, -0.15) is 0 Å². The van der Waals surface area contributed by atoms with Crippen LogP contribution in [-0.2, 0) is 19.6 Å². The molecule has 104 valence electrons. The zero-order chi connectivity index (χ0) is 13.6. The van der Waals surface area contributed by atoms with E-state index >= 15 is 0 Å². The number of halogens is 1. The Kier molecular flexibility index (Phi) is 9.31. The Labute approximate surface area is 144 Å². The minimum Gasteiger partial charge on any atom is -0.745 e. The van der Waals surface area contributed by atoms with Crippen molar-refractivity contribution in [2.24, 2.45) is 0 Å². The van der Waals surface area contributed by atoms with Crippen LogP contribution in [0.2, 0.25) is 0 Å². The average Bonchev–Trinajstić information content (AvgIpc) is 2.33. The van der Waals surface area contributed by atoms with Crippen LogP contribution in [0.4, 0.5) is 0 Å². The Morgan fingerprint density at radius 3 is 2.58 bits per heavy atom.